The number of aromatic nitrogens is 1. The second-order valence-corrected chi connectivity index (χ2v) is 11.6. The van der Waals surface area contributed by atoms with Gasteiger partial charge in [0.05, 0.1) is 24.3 Å². The average Bonchev–Trinajstić information content (AvgIpc) is 3.55. The number of halogens is 1. The fraction of sp³-hybridized carbons (Fsp3) is 0.259. The molecular formula is C27H28ClN2O5PS. The molecule has 10 heteroatoms. The van der Waals surface area contributed by atoms with Gasteiger partial charge in [-0.15, -0.1) is 11.3 Å². The van der Waals surface area contributed by atoms with E-state index in [4.69, 9.17) is 30.0 Å². The van der Waals surface area contributed by atoms with Crippen LogP contribution in [0.1, 0.15) is 31.6 Å². The molecule has 2 aromatic carbocycles. The van der Waals surface area contributed by atoms with Crippen LogP contribution in [0.25, 0.3) is 22.0 Å². The Morgan fingerprint density at radius 1 is 1.05 bits per heavy atom. The number of hydrogen-bond acceptors (Lipinski definition) is 7. The second kappa shape index (κ2) is 12.7. The first-order valence-electron chi connectivity index (χ1n) is 12.0. The Morgan fingerprint density at radius 3 is 2.38 bits per heavy atom. The van der Waals surface area contributed by atoms with E-state index >= 15 is 0 Å². The number of nitrogens with zero attached hydrogens (tertiary/aromatic N) is 1. The zero-order valence-electron chi connectivity index (χ0n) is 20.6. The second-order valence-electron chi connectivity index (χ2n) is 8.12. The lowest BCUT2D eigenvalue weighted by molar-refractivity contribution is -0.116. The Morgan fingerprint density at radius 2 is 1.76 bits per heavy atom. The molecule has 0 fully saturated rings. The quantitative estimate of drug-likeness (QED) is 0.177. The highest BCUT2D eigenvalue weighted by Gasteiger charge is 2.24. The first kappa shape index (κ1) is 27.3. The first-order chi connectivity index (χ1) is 17.9. The summed E-state index contributed by atoms with van der Waals surface area (Å²) in [6, 6.07) is 18.4. The fourth-order valence-corrected chi connectivity index (χ4v) is 6.23. The van der Waals surface area contributed by atoms with Gasteiger partial charge in [-0.1, -0.05) is 41.9 Å². The zero-order valence-corrected chi connectivity index (χ0v) is 23.1. The lowest BCUT2D eigenvalue weighted by Crippen LogP contribution is -2.12. The summed E-state index contributed by atoms with van der Waals surface area (Å²) in [5.41, 5.74) is 3.02. The molecule has 0 spiro atoms. The summed E-state index contributed by atoms with van der Waals surface area (Å²) in [7, 11) is -3.19. The number of hydrogen-bond donors (Lipinski definition) is 1. The molecule has 1 amide bonds. The van der Waals surface area contributed by atoms with Gasteiger partial charge in [0.25, 0.3) is 0 Å². The first-order valence-corrected chi connectivity index (χ1v) is 14.9. The number of carbonyl (C=O) groups excluding carboxylic acids is 1. The van der Waals surface area contributed by atoms with Gasteiger partial charge >= 0.3 is 7.60 Å². The van der Waals surface area contributed by atoms with Crippen LogP contribution in [-0.4, -0.2) is 24.1 Å². The molecule has 0 saturated heterocycles. The molecule has 194 valence electrons. The average molecular weight is 559 g/mol. The van der Waals surface area contributed by atoms with Crippen LogP contribution >= 0.6 is 30.5 Å². The smallest absolute Gasteiger partial charge is 0.335 e. The van der Waals surface area contributed by atoms with Crippen LogP contribution in [0.3, 0.4) is 0 Å². The number of thiophene rings is 1. The van der Waals surface area contributed by atoms with E-state index in [1.165, 1.54) is 0 Å². The van der Waals surface area contributed by atoms with Gasteiger partial charge in [-0.05, 0) is 55.1 Å². The van der Waals surface area contributed by atoms with E-state index in [-0.39, 0.29) is 18.5 Å². The molecule has 0 unspecified atom stereocenters. The van der Waals surface area contributed by atoms with Crippen LogP contribution in [0.15, 0.2) is 70.5 Å². The van der Waals surface area contributed by atoms with Crippen molar-refractivity contribution < 1.29 is 22.8 Å². The maximum atomic E-state index is 12.8. The minimum absolute atomic E-state index is 0.154. The summed E-state index contributed by atoms with van der Waals surface area (Å²) in [5.74, 6) is 1.01. The number of benzene rings is 2. The third kappa shape index (κ3) is 7.40. The number of aryl methyl sites for hydroxylation is 1. The highest BCUT2D eigenvalue weighted by atomic mass is 35.5. The van der Waals surface area contributed by atoms with Crippen molar-refractivity contribution in [1.82, 2.24) is 4.98 Å². The fourth-order valence-electron chi connectivity index (χ4n) is 3.75. The zero-order chi connectivity index (χ0) is 26.3. The van der Waals surface area contributed by atoms with Crippen molar-refractivity contribution in [3.63, 3.8) is 0 Å². The van der Waals surface area contributed by atoms with Crippen molar-refractivity contribution in [2.24, 2.45) is 0 Å². The number of amides is 1. The summed E-state index contributed by atoms with van der Waals surface area (Å²) in [6.45, 7) is 4.19. The van der Waals surface area contributed by atoms with Gasteiger partial charge in [0.1, 0.15) is 11.5 Å². The minimum atomic E-state index is -3.19. The summed E-state index contributed by atoms with van der Waals surface area (Å²) in [6.07, 6.45) is 0.770. The molecule has 1 N–H and O–H groups in total. The van der Waals surface area contributed by atoms with Crippen LogP contribution in [-0.2, 0) is 31.0 Å². The maximum absolute atomic E-state index is 12.8. The van der Waals surface area contributed by atoms with Gasteiger partial charge < -0.3 is 18.8 Å². The standard InChI is InChI=1S/C27H28ClN2O5PS/c1-3-33-36(32,34-4-2)18-19-7-13-22(14-8-19)29-25(31)16-15-23-26(20-9-11-21(28)12-10-20)30-27(35-23)24-6-5-17-37-24/h5-14,17H,3-4,15-16,18H2,1-2H3,(H,29,31). The molecule has 0 bridgehead atoms. The van der Waals surface area contributed by atoms with E-state index in [0.717, 1.165) is 16.0 Å². The number of anilines is 1. The summed E-state index contributed by atoms with van der Waals surface area (Å²) >= 11 is 7.59. The molecule has 0 aliphatic heterocycles. The number of rotatable bonds is 12. The predicted molar refractivity (Wildman–Crippen MR) is 148 cm³/mol. The molecule has 2 heterocycles. The molecule has 37 heavy (non-hydrogen) atoms. The monoisotopic (exact) mass is 558 g/mol. The highest BCUT2D eigenvalue weighted by Crippen LogP contribution is 2.51. The third-order valence-electron chi connectivity index (χ3n) is 5.39. The molecule has 2 aromatic heterocycles. The van der Waals surface area contributed by atoms with Crippen LogP contribution < -0.4 is 5.32 Å². The Bertz CT molecular complexity index is 1340. The number of oxazole rings is 1. The van der Waals surface area contributed by atoms with Gasteiger partial charge in [0, 0.05) is 29.1 Å². The lowest BCUT2D eigenvalue weighted by Gasteiger charge is -2.17. The SMILES string of the molecule is CCOP(=O)(Cc1ccc(NC(=O)CCc2oc(-c3cccs3)nc2-c2ccc(Cl)cc2)cc1)OCC. The van der Waals surface area contributed by atoms with E-state index < -0.39 is 7.60 Å². The topological polar surface area (TPSA) is 90.7 Å². The van der Waals surface area contributed by atoms with Crippen molar-refractivity contribution in [2.75, 3.05) is 18.5 Å². The van der Waals surface area contributed by atoms with Gasteiger partial charge in [0.2, 0.25) is 11.8 Å². The largest absolute Gasteiger partial charge is 0.440 e. The van der Waals surface area contributed by atoms with Gasteiger partial charge in [-0.25, -0.2) is 4.98 Å². The summed E-state index contributed by atoms with van der Waals surface area (Å²) in [4.78, 5) is 18.4. The highest BCUT2D eigenvalue weighted by molar-refractivity contribution is 7.53. The molecule has 0 radical (unpaired) electrons. The summed E-state index contributed by atoms with van der Waals surface area (Å²) < 4.78 is 29.6. The molecule has 0 saturated carbocycles. The van der Waals surface area contributed by atoms with Crippen molar-refractivity contribution in [2.45, 2.75) is 32.9 Å². The van der Waals surface area contributed by atoms with E-state index in [2.05, 4.69) is 5.32 Å². The molecule has 0 aliphatic rings. The van der Waals surface area contributed by atoms with Crippen LogP contribution in [0.2, 0.25) is 5.02 Å². The lowest BCUT2D eigenvalue weighted by atomic mass is 10.1. The Labute approximate surface area is 225 Å². The van der Waals surface area contributed by atoms with Crippen LogP contribution in [0.5, 0.6) is 0 Å². The number of carbonyl (C=O) groups is 1. The van der Waals surface area contributed by atoms with E-state index in [9.17, 15) is 9.36 Å². The minimum Gasteiger partial charge on any atom is -0.440 e. The van der Waals surface area contributed by atoms with Crippen molar-refractivity contribution in [1.29, 1.82) is 0 Å². The molecular weight excluding hydrogens is 531 g/mol. The molecule has 4 rings (SSSR count). The molecule has 7 nitrogen and oxygen atoms in total. The van der Waals surface area contributed by atoms with Crippen molar-refractivity contribution in [3.8, 4) is 22.0 Å². The van der Waals surface area contributed by atoms with Crippen LogP contribution in [0.4, 0.5) is 5.69 Å². The van der Waals surface area contributed by atoms with Gasteiger partial charge in [-0.2, -0.15) is 0 Å². The van der Waals surface area contributed by atoms with Gasteiger partial charge in [-0.3, -0.25) is 9.36 Å². The predicted octanol–water partition coefficient (Wildman–Crippen LogP) is 8.06. The molecule has 4 aromatic rings. The van der Waals surface area contributed by atoms with Crippen LogP contribution in [0, 0.1) is 0 Å². The number of nitrogens with one attached hydrogen (secondary N) is 1. The van der Waals surface area contributed by atoms with Crippen molar-refractivity contribution >= 4 is 42.1 Å². The summed E-state index contributed by atoms with van der Waals surface area (Å²) in [5, 5.41) is 5.51. The van der Waals surface area contributed by atoms with E-state index in [1.807, 2.05) is 41.8 Å². The van der Waals surface area contributed by atoms with E-state index in [0.29, 0.717) is 47.7 Å². The Hall–Kier alpha value is -2.74. The molecule has 0 aliphatic carbocycles. The molecule has 0 atom stereocenters. The third-order valence-corrected chi connectivity index (χ3v) is 8.56. The Kier molecular flexibility index (Phi) is 9.35. The van der Waals surface area contributed by atoms with Gasteiger partial charge in [0.15, 0.2) is 0 Å². The van der Waals surface area contributed by atoms with E-state index in [1.54, 1.807) is 49.4 Å². The Balaban J connectivity index is 1.42. The van der Waals surface area contributed by atoms with Crippen molar-refractivity contribution in [3.05, 3.63) is 82.4 Å². The maximum Gasteiger partial charge on any atom is 0.335 e. The normalized spacial score (nSPS) is 11.5.